The molecule has 32 heavy (non-hydrogen) atoms. The van der Waals surface area contributed by atoms with Gasteiger partial charge in [-0.3, -0.25) is 4.79 Å². The van der Waals surface area contributed by atoms with Gasteiger partial charge in [-0.05, 0) is 56.2 Å². The minimum absolute atomic E-state index is 0.0863. The van der Waals surface area contributed by atoms with Crippen molar-refractivity contribution in [1.82, 2.24) is 19.4 Å². The fourth-order valence-corrected chi connectivity index (χ4v) is 5.46. The molecule has 4 rings (SSSR count). The second-order valence-corrected chi connectivity index (χ2v) is 10.1. The molecule has 0 N–H and O–H groups in total. The monoisotopic (exact) mass is 474 g/mol. The minimum Gasteiger partial charge on any atom is -0.419 e. The number of benzene rings is 2. The Labute approximate surface area is 191 Å². The van der Waals surface area contributed by atoms with Crippen LogP contribution in [0, 0.1) is 6.92 Å². The number of nitrogens with zero attached hydrogens (tertiary/aromatic N) is 4. The molecule has 1 amide bonds. The maximum Gasteiger partial charge on any atom is 0.247 e. The second-order valence-electron chi connectivity index (χ2n) is 7.79. The van der Waals surface area contributed by atoms with Crippen molar-refractivity contribution in [2.24, 2.45) is 0 Å². The topological polar surface area (TPSA) is 96.6 Å². The molecule has 0 aliphatic carbocycles. The van der Waals surface area contributed by atoms with Crippen molar-refractivity contribution in [3.8, 4) is 11.5 Å². The Morgan fingerprint density at radius 2 is 1.84 bits per heavy atom. The van der Waals surface area contributed by atoms with Crippen LogP contribution >= 0.6 is 11.6 Å². The molecule has 10 heteroatoms. The molecule has 1 atom stereocenters. The van der Waals surface area contributed by atoms with Gasteiger partial charge in [-0.15, -0.1) is 10.2 Å². The van der Waals surface area contributed by atoms with Crippen LogP contribution in [0.1, 0.15) is 24.3 Å². The predicted molar refractivity (Wildman–Crippen MR) is 119 cm³/mol. The van der Waals surface area contributed by atoms with Gasteiger partial charge in [0.2, 0.25) is 27.7 Å². The zero-order valence-corrected chi connectivity index (χ0v) is 19.3. The summed E-state index contributed by atoms with van der Waals surface area (Å²) in [6.45, 7) is 2.36. The number of hydrogen-bond acceptors (Lipinski definition) is 6. The molecule has 0 spiro atoms. The zero-order valence-electron chi connectivity index (χ0n) is 17.7. The molecular formula is C22H23ClN4O4S. The van der Waals surface area contributed by atoms with E-state index in [-0.39, 0.29) is 29.8 Å². The molecule has 0 bridgehead atoms. The average molecular weight is 475 g/mol. The molecule has 1 aliphatic rings. The highest BCUT2D eigenvalue weighted by atomic mass is 35.5. The fraction of sp³-hybridized carbons (Fsp3) is 0.318. The van der Waals surface area contributed by atoms with E-state index in [4.69, 9.17) is 16.0 Å². The first-order valence-corrected chi connectivity index (χ1v) is 12.0. The Hall–Kier alpha value is -2.75. The molecule has 2 aromatic carbocycles. The Morgan fingerprint density at radius 1 is 1.16 bits per heavy atom. The number of sulfonamides is 1. The van der Waals surface area contributed by atoms with Crippen LogP contribution in [0.15, 0.2) is 57.8 Å². The van der Waals surface area contributed by atoms with Gasteiger partial charge in [0.05, 0.1) is 11.4 Å². The van der Waals surface area contributed by atoms with Gasteiger partial charge in [-0.25, -0.2) is 8.42 Å². The van der Waals surface area contributed by atoms with Crippen molar-refractivity contribution >= 4 is 27.5 Å². The molecule has 0 unspecified atom stereocenters. The van der Waals surface area contributed by atoms with Crippen molar-refractivity contribution in [2.75, 3.05) is 13.6 Å². The van der Waals surface area contributed by atoms with Crippen LogP contribution in [-0.4, -0.2) is 53.4 Å². The molecule has 2 heterocycles. The zero-order chi connectivity index (χ0) is 22.9. The van der Waals surface area contributed by atoms with E-state index >= 15 is 0 Å². The van der Waals surface area contributed by atoms with E-state index < -0.39 is 16.1 Å². The summed E-state index contributed by atoms with van der Waals surface area (Å²) in [5.41, 5.74) is 1.91. The number of aromatic nitrogens is 2. The summed E-state index contributed by atoms with van der Waals surface area (Å²) < 4.78 is 33.2. The van der Waals surface area contributed by atoms with Crippen LogP contribution in [-0.2, 0) is 21.4 Å². The van der Waals surface area contributed by atoms with Gasteiger partial charge in [0.25, 0.3) is 0 Å². The van der Waals surface area contributed by atoms with E-state index in [1.807, 2.05) is 31.2 Å². The van der Waals surface area contributed by atoms with E-state index in [1.165, 1.54) is 33.5 Å². The first-order chi connectivity index (χ1) is 15.3. The van der Waals surface area contributed by atoms with Crippen molar-refractivity contribution < 1.29 is 17.6 Å². The van der Waals surface area contributed by atoms with Crippen LogP contribution in [0.3, 0.4) is 0 Å². The number of halogens is 1. The molecule has 1 aromatic heterocycles. The minimum atomic E-state index is -3.82. The quantitative estimate of drug-likeness (QED) is 0.542. The largest absolute Gasteiger partial charge is 0.419 e. The van der Waals surface area contributed by atoms with E-state index in [1.54, 1.807) is 7.05 Å². The Balaban J connectivity index is 1.47. The summed E-state index contributed by atoms with van der Waals surface area (Å²) in [7, 11) is -2.22. The summed E-state index contributed by atoms with van der Waals surface area (Å²) in [6.07, 6.45) is 1.06. The molecule has 1 fully saturated rings. The number of carbonyl (C=O) groups is 1. The predicted octanol–water partition coefficient (Wildman–Crippen LogP) is 3.51. The Kier molecular flexibility index (Phi) is 6.32. The van der Waals surface area contributed by atoms with Gasteiger partial charge in [0.15, 0.2) is 0 Å². The van der Waals surface area contributed by atoms with E-state index in [9.17, 15) is 13.2 Å². The van der Waals surface area contributed by atoms with Crippen LogP contribution < -0.4 is 0 Å². The second kappa shape index (κ2) is 9.01. The van der Waals surface area contributed by atoms with Gasteiger partial charge in [0.1, 0.15) is 6.04 Å². The number of rotatable bonds is 6. The third-order valence-corrected chi connectivity index (χ3v) is 7.60. The lowest BCUT2D eigenvalue weighted by Gasteiger charge is -2.26. The molecular weight excluding hydrogens is 452 g/mol. The maximum atomic E-state index is 13.1. The third-order valence-electron chi connectivity index (χ3n) is 5.42. The highest BCUT2D eigenvalue weighted by molar-refractivity contribution is 7.89. The standard InChI is InChI=1S/C22H23ClN4O4S/c1-15-5-7-16(8-6-15)21-25-24-20(31-21)14-26(2)22(28)19-4-3-13-27(19)32(29,30)18-11-9-17(23)10-12-18/h5-12,19H,3-4,13-14H2,1-2H3/t19-/m0/s1. The third kappa shape index (κ3) is 4.55. The van der Waals surface area contributed by atoms with Crippen molar-refractivity contribution in [2.45, 2.75) is 37.2 Å². The summed E-state index contributed by atoms with van der Waals surface area (Å²) >= 11 is 5.88. The number of carbonyl (C=O) groups excluding carboxylic acids is 1. The molecule has 1 aliphatic heterocycles. The Morgan fingerprint density at radius 3 is 2.53 bits per heavy atom. The van der Waals surface area contributed by atoms with Gasteiger partial charge in [0, 0.05) is 24.2 Å². The highest BCUT2D eigenvalue weighted by Gasteiger charge is 2.40. The van der Waals surface area contributed by atoms with Crippen LogP contribution in [0.2, 0.25) is 5.02 Å². The van der Waals surface area contributed by atoms with E-state index in [0.717, 1.165) is 11.1 Å². The van der Waals surface area contributed by atoms with Crippen LogP contribution in [0.4, 0.5) is 0 Å². The summed E-state index contributed by atoms with van der Waals surface area (Å²) in [4.78, 5) is 14.7. The average Bonchev–Trinajstić information content (AvgIpc) is 3.44. The van der Waals surface area contributed by atoms with Crippen LogP contribution in [0.5, 0.6) is 0 Å². The molecule has 0 radical (unpaired) electrons. The van der Waals surface area contributed by atoms with Crippen molar-refractivity contribution in [3.05, 3.63) is 65.0 Å². The normalized spacial score (nSPS) is 16.9. The number of hydrogen-bond donors (Lipinski definition) is 0. The van der Waals surface area contributed by atoms with Gasteiger partial charge < -0.3 is 9.32 Å². The SMILES string of the molecule is Cc1ccc(-c2nnc(CN(C)C(=O)[C@@H]3CCCN3S(=O)(=O)c3ccc(Cl)cc3)o2)cc1. The number of aryl methyl sites for hydroxylation is 1. The van der Waals surface area contributed by atoms with Gasteiger partial charge in [-0.1, -0.05) is 29.3 Å². The summed E-state index contributed by atoms with van der Waals surface area (Å²) in [6, 6.07) is 12.8. The fourth-order valence-electron chi connectivity index (χ4n) is 3.68. The van der Waals surface area contributed by atoms with E-state index in [2.05, 4.69) is 10.2 Å². The highest BCUT2D eigenvalue weighted by Crippen LogP contribution is 2.28. The lowest BCUT2D eigenvalue weighted by Crippen LogP contribution is -2.46. The maximum absolute atomic E-state index is 13.1. The molecule has 1 saturated heterocycles. The van der Waals surface area contributed by atoms with Crippen molar-refractivity contribution in [1.29, 1.82) is 0 Å². The smallest absolute Gasteiger partial charge is 0.247 e. The molecule has 168 valence electrons. The number of likely N-dealkylation sites (N-methyl/N-ethyl adjacent to an activating group) is 1. The van der Waals surface area contributed by atoms with Crippen molar-refractivity contribution in [3.63, 3.8) is 0 Å². The lowest BCUT2D eigenvalue weighted by atomic mass is 10.1. The molecule has 3 aromatic rings. The Bertz CT molecular complexity index is 1210. The van der Waals surface area contributed by atoms with Crippen LogP contribution in [0.25, 0.3) is 11.5 Å². The summed E-state index contributed by atoms with van der Waals surface area (Å²) in [5.74, 6) is 0.338. The first kappa shape index (κ1) is 22.4. The molecule has 8 nitrogen and oxygen atoms in total. The lowest BCUT2D eigenvalue weighted by molar-refractivity contribution is -0.134. The summed E-state index contributed by atoms with van der Waals surface area (Å²) in [5, 5.41) is 8.53. The van der Waals surface area contributed by atoms with Gasteiger partial charge in [-0.2, -0.15) is 4.31 Å². The van der Waals surface area contributed by atoms with Gasteiger partial charge >= 0.3 is 0 Å². The first-order valence-electron chi connectivity index (χ1n) is 10.2. The number of amides is 1. The van der Waals surface area contributed by atoms with E-state index in [0.29, 0.717) is 23.8 Å². The molecule has 0 saturated carbocycles.